The first-order valence-electron chi connectivity index (χ1n) is 6.03. The highest BCUT2D eigenvalue weighted by Gasteiger charge is 2.35. The second-order valence-corrected chi connectivity index (χ2v) is 4.76. The predicted octanol–water partition coefficient (Wildman–Crippen LogP) is 1.21. The van der Waals surface area contributed by atoms with Crippen molar-refractivity contribution < 1.29 is 9.59 Å². The summed E-state index contributed by atoms with van der Waals surface area (Å²) in [7, 11) is 3.30. The zero-order valence-corrected chi connectivity index (χ0v) is 10.3. The minimum atomic E-state index is -0.0988. The molecule has 1 aliphatic carbocycles. The quantitative estimate of drug-likeness (QED) is 0.757. The van der Waals surface area contributed by atoms with Crippen LogP contribution >= 0.6 is 0 Å². The molecular formula is C12H22N2O2. The van der Waals surface area contributed by atoms with E-state index in [9.17, 15) is 9.59 Å². The lowest BCUT2D eigenvalue weighted by molar-refractivity contribution is -0.127. The molecule has 0 radical (unpaired) electrons. The van der Waals surface area contributed by atoms with Crippen molar-refractivity contribution >= 4 is 11.8 Å². The summed E-state index contributed by atoms with van der Waals surface area (Å²) < 4.78 is 0. The molecule has 0 saturated heterocycles. The monoisotopic (exact) mass is 226 g/mol. The first kappa shape index (κ1) is 13.0. The molecule has 0 unspecified atom stereocenters. The number of rotatable bonds is 4. The Morgan fingerprint density at radius 3 is 1.75 bits per heavy atom. The van der Waals surface area contributed by atoms with Gasteiger partial charge in [-0.15, -0.1) is 0 Å². The fourth-order valence-corrected chi connectivity index (χ4v) is 2.58. The van der Waals surface area contributed by atoms with Crippen molar-refractivity contribution in [2.24, 2.45) is 5.41 Å². The van der Waals surface area contributed by atoms with E-state index in [2.05, 4.69) is 10.6 Å². The van der Waals surface area contributed by atoms with Gasteiger partial charge in [-0.1, -0.05) is 19.3 Å². The maximum Gasteiger partial charge on any atom is 0.220 e. The van der Waals surface area contributed by atoms with Crippen molar-refractivity contribution in [2.45, 2.75) is 44.9 Å². The number of nitrogens with one attached hydrogen (secondary N) is 2. The van der Waals surface area contributed by atoms with E-state index in [0.717, 1.165) is 25.7 Å². The average Bonchev–Trinajstić information content (AvgIpc) is 2.29. The van der Waals surface area contributed by atoms with Gasteiger partial charge in [0.25, 0.3) is 0 Å². The summed E-state index contributed by atoms with van der Waals surface area (Å²) in [6.07, 6.45) is 6.45. The molecule has 1 aliphatic rings. The zero-order valence-electron chi connectivity index (χ0n) is 10.3. The molecule has 4 heteroatoms. The summed E-state index contributed by atoms with van der Waals surface area (Å²) in [5.74, 6) is 0.0941. The molecule has 0 spiro atoms. The van der Waals surface area contributed by atoms with Gasteiger partial charge in [0, 0.05) is 26.9 Å². The summed E-state index contributed by atoms with van der Waals surface area (Å²) in [6.45, 7) is 0. The molecule has 0 bridgehead atoms. The summed E-state index contributed by atoms with van der Waals surface area (Å²) >= 11 is 0. The number of amides is 2. The summed E-state index contributed by atoms with van der Waals surface area (Å²) in [5, 5.41) is 5.32. The molecule has 0 aromatic rings. The molecule has 2 N–H and O–H groups in total. The Morgan fingerprint density at radius 2 is 1.38 bits per heavy atom. The zero-order chi connectivity index (χ0) is 12.0. The van der Waals surface area contributed by atoms with E-state index in [1.165, 1.54) is 6.42 Å². The Morgan fingerprint density at radius 1 is 0.938 bits per heavy atom. The van der Waals surface area contributed by atoms with Gasteiger partial charge in [-0.2, -0.15) is 0 Å². The molecule has 92 valence electrons. The highest BCUT2D eigenvalue weighted by molar-refractivity contribution is 5.80. The molecule has 0 heterocycles. The van der Waals surface area contributed by atoms with Crippen LogP contribution in [0.3, 0.4) is 0 Å². The van der Waals surface area contributed by atoms with Crippen LogP contribution in [0.25, 0.3) is 0 Å². The van der Waals surface area contributed by atoms with Gasteiger partial charge in [0.2, 0.25) is 11.8 Å². The maximum atomic E-state index is 11.5. The van der Waals surface area contributed by atoms with Crippen molar-refractivity contribution in [3.8, 4) is 0 Å². The third-order valence-corrected chi connectivity index (χ3v) is 3.54. The van der Waals surface area contributed by atoms with Crippen molar-refractivity contribution in [3.63, 3.8) is 0 Å². The summed E-state index contributed by atoms with van der Waals surface area (Å²) in [4.78, 5) is 23.0. The molecule has 1 rings (SSSR count). The van der Waals surface area contributed by atoms with E-state index < -0.39 is 0 Å². The van der Waals surface area contributed by atoms with Crippen LogP contribution in [-0.2, 0) is 9.59 Å². The van der Waals surface area contributed by atoms with Gasteiger partial charge in [0.05, 0.1) is 0 Å². The molecule has 0 aromatic heterocycles. The lowest BCUT2D eigenvalue weighted by Gasteiger charge is -2.36. The molecule has 1 fully saturated rings. The molecule has 1 saturated carbocycles. The smallest absolute Gasteiger partial charge is 0.220 e. The molecule has 0 aromatic carbocycles. The predicted molar refractivity (Wildman–Crippen MR) is 62.9 cm³/mol. The third-order valence-electron chi connectivity index (χ3n) is 3.54. The van der Waals surface area contributed by atoms with Crippen LogP contribution < -0.4 is 10.6 Å². The minimum absolute atomic E-state index is 0.0470. The Labute approximate surface area is 97.2 Å². The SMILES string of the molecule is CNC(=O)CC1(CC(=O)NC)CCCCC1. The van der Waals surface area contributed by atoms with E-state index in [-0.39, 0.29) is 17.2 Å². The van der Waals surface area contributed by atoms with Crippen molar-refractivity contribution in [2.75, 3.05) is 14.1 Å². The van der Waals surface area contributed by atoms with E-state index >= 15 is 0 Å². The van der Waals surface area contributed by atoms with Gasteiger partial charge in [-0.25, -0.2) is 0 Å². The molecule has 0 atom stereocenters. The fraction of sp³-hybridized carbons (Fsp3) is 0.833. The summed E-state index contributed by atoms with van der Waals surface area (Å²) in [6, 6.07) is 0. The van der Waals surface area contributed by atoms with Crippen LogP contribution in [0.4, 0.5) is 0 Å². The topological polar surface area (TPSA) is 58.2 Å². The van der Waals surface area contributed by atoms with Crippen molar-refractivity contribution in [1.29, 1.82) is 0 Å². The van der Waals surface area contributed by atoms with Crippen LogP contribution in [0.2, 0.25) is 0 Å². The normalized spacial score (nSPS) is 18.9. The molecule has 0 aliphatic heterocycles. The Bertz CT molecular complexity index is 238. The van der Waals surface area contributed by atoms with Crippen LogP contribution in [0.5, 0.6) is 0 Å². The Hall–Kier alpha value is -1.06. The fourth-order valence-electron chi connectivity index (χ4n) is 2.58. The second kappa shape index (κ2) is 5.87. The third kappa shape index (κ3) is 3.51. The molecule has 2 amide bonds. The Balaban J connectivity index is 2.66. The Kier molecular flexibility index (Phi) is 4.77. The van der Waals surface area contributed by atoms with Crippen LogP contribution in [0, 0.1) is 5.41 Å². The van der Waals surface area contributed by atoms with Gasteiger partial charge in [-0.3, -0.25) is 9.59 Å². The lowest BCUT2D eigenvalue weighted by atomic mass is 9.69. The maximum absolute atomic E-state index is 11.5. The average molecular weight is 226 g/mol. The van der Waals surface area contributed by atoms with Gasteiger partial charge in [0.1, 0.15) is 0 Å². The molecule has 4 nitrogen and oxygen atoms in total. The van der Waals surface area contributed by atoms with E-state index in [1.54, 1.807) is 14.1 Å². The lowest BCUT2D eigenvalue weighted by Crippen LogP contribution is -2.36. The second-order valence-electron chi connectivity index (χ2n) is 4.76. The van der Waals surface area contributed by atoms with Gasteiger partial charge in [-0.05, 0) is 18.3 Å². The highest BCUT2D eigenvalue weighted by atomic mass is 16.2. The number of carbonyl (C=O) groups excluding carboxylic acids is 2. The first-order valence-corrected chi connectivity index (χ1v) is 6.03. The number of hydrogen-bond acceptors (Lipinski definition) is 2. The van der Waals surface area contributed by atoms with Gasteiger partial charge >= 0.3 is 0 Å². The summed E-state index contributed by atoms with van der Waals surface area (Å²) in [5.41, 5.74) is -0.0988. The van der Waals surface area contributed by atoms with Crippen molar-refractivity contribution in [1.82, 2.24) is 10.6 Å². The number of hydrogen-bond donors (Lipinski definition) is 2. The van der Waals surface area contributed by atoms with Crippen LogP contribution in [0.1, 0.15) is 44.9 Å². The highest BCUT2D eigenvalue weighted by Crippen LogP contribution is 2.42. The van der Waals surface area contributed by atoms with Crippen LogP contribution in [-0.4, -0.2) is 25.9 Å². The minimum Gasteiger partial charge on any atom is -0.359 e. The number of carbonyl (C=O) groups is 2. The van der Waals surface area contributed by atoms with Crippen LogP contribution in [0.15, 0.2) is 0 Å². The standard InChI is InChI=1S/C12H22N2O2/c1-13-10(15)8-12(9-11(16)14-2)6-4-3-5-7-12/h3-9H2,1-2H3,(H,13,15)(H,14,16). The molecule has 16 heavy (non-hydrogen) atoms. The van der Waals surface area contributed by atoms with Crippen molar-refractivity contribution in [3.05, 3.63) is 0 Å². The van der Waals surface area contributed by atoms with E-state index in [0.29, 0.717) is 12.8 Å². The van der Waals surface area contributed by atoms with Gasteiger partial charge < -0.3 is 10.6 Å². The van der Waals surface area contributed by atoms with Gasteiger partial charge in [0.15, 0.2) is 0 Å². The van der Waals surface area contributed by atoms with E-state index in [1.807, 2.05) is 0 Å². The van der Waals surface area contributed by atoms with E-state index in [4.69, 9.17) is 0 Å². The molecular weight excluding hydrogens is 204 g/mol. The first-order chi connectivity index (χ1) is 7.62. The largest absolute Gasteiger partial charge is 0.359 e.